The van der Waals surface area contributed by atoms with Crippen LogP contribution >= 0.6 is 39.3 Å². The van der Waals surface area contributed by atoms with Crippen molar-refractivity contribution in [2.24, 2.45) is 4.99 Å². The number of amidine groups is 1. The third-order valence-corrected chi connectivity index (χ3v) is 7.04. The number of hydrogen-bond donors (Lipinski definition) is 1. The summed E-state index contributed by atoms with van der Waals surface area (Å²) in [4.78, 5) is 19.3. The predicted octanol–water partition coefficient (Wildman–Crippen LogP) is 5.94. The summed E-state index contributed by atoms with van der Waals surface area (Å²) < 4.78 is -0.0609. The molecular weight excluding hydrogens is 434 g/mol. The molecule has 0 fully saturated rings. The Labute approximate surface area is 171 Å². The van der Waals surface area contributed by atoms with Crippen molar-refractivity contribution in [3.8, 4) is 0 Å². The predicted molar refractivity (Wildman–Crippen MR) is 116 cm³/mol. The fourth-order valence-corrected chi connectivity index (χ4v) is 4.20. The van der Waals surface area contributed by atoms with Crippen molar-refractivity contribution in [3.63, 3.8) is 0 Å². The largest absolute Gasteiger partial charge is 0.332 e. The molecule has 4 nitrogen and oxygen atoms in total. The number of thioether (sulfide) groups is 1. The minimum absolute atomic E-state index is 0.0609. The van der Waals surface area contributed by atoms with Crippen LogP contribution in [0.2, 0.25) is 5.02 Å². The molecular formula is C19H19BrClN3OS. The Balaban J connectivity index is 1.90. The standard InChI is InChI=1S/C19H19BrClN3OS/c1-13-6-8-16(9-7-13)24(18-22-12-19(2,11-20)26-18)17(25)23-15-5-3-4-14(21)10-15/h3-10H,11-12H2,1-2H3,(H,23,25)/t19-/m0/s1. The van der Waals surface area contributed by atoms with Crippen molar-refractivity contribution in [1.29, 1.82) is 0 Å². The van der Waals surface area contributed by atoms with Crippen LogP contribution in [-0.4, -0.2) is 27.8 Å². The van der Waals surface area contributed by atoms with Crippen LogP contribution in [0.15, 0.2) is 53.5 Å². The van der Waals surface area contributed by atoms with Gasteiger partial charge < -0.3 is 5.32 Å². The van der Waals surface area contributed by atoms with Crippen molar-refractivity contribution in [1.82, 2.24) is 0 Å². The Morgan fingerprint density at radius 2 is 2.08 bits per heavy atom. The average molecular weight is 453 g/mol. The monoisotopic (exact) mass is 451 g/mol. The molecule has 0 saturated carbocycles. The summed E-state index contributed by atoms with van der Waals surface area (Å²) in [6.07, 6.45) is 0. The Bertz CT molecular complexity index is 843. The maximum Gasteiger partial charge on any atom is 0.332 e. The highest BCUT2D eigenvalue weighted by Gasteiger charge is 2.36. The van der Waals surface area contributed by atoms with E-state index in [9.17, 15) is 4.79 Å². The van der Waals surface area contributed by atoms with Gasteiger partial charge in [0.15, 0.2) is 5.17 Å². The van der Waals surface area contributed by atoms with E-state index in [-0.39, 0.29) is 10.8 Å². The van der Waals surface area contributed by atoms with Crippen molar-refractivity contribution < 1.29 is 4.79 Å². The highest BCUT2D eigenvalue weighted by Crippen LogP contribution is 2.37. The number of benzene rings is 2. The Kier molecular flexibility index (Phi) is 5.95. The number of carbonyl (C=O) groups is 1. The number of aryl methyl sites for hydroxylation is 1. The second kappa shape index (κ2) is 8.03. The normalized spacial score (nSPS) is 19.2. The summed E-state index contributed by atoms with van der Waals surface area (Å²) in [5.41, 5.74) is 2.56. The quantitative estimate of drug-likeness (QED) is 0.585. The highest BCUT2D eigenvalue weighted by molar-refractivity contribution is 9.09. The molecule has 0 radical (unpaired) electrons. The van der Waals surface area contributed by atoms with Crippen LogP contribution in [-0.2, 0) is 0 Å². The molecule has 0 aliphatic carbocycles. The zero-order valence-corrected chi connectivity index (χ0v) is 17.7. The third kappa shape index (κ3) is 4.42. The molecule has 1 atom stereocenters. The molecule has 0 bridgehead atoms. The summed E-state index contributed by atoms with van der Waals surface area (Å²) in [6, 6.07) is 14.7. The number of carbonyl (C=O) groups excluding carboxylic acids is 1. The van der Waals surface area contributed by atoms with Crippen molar-refractivity contribution in [2.75, 3.05) is 22.1 Å². The van der Waals surface area contributed by atoms with E-state index < -0.39 is 0 Å². The van der Waals surface area contributed by atoms with Gasteiger partial charge in [-0.3, -0.25) is 4.99 Å². The number of nitrogens with one attached hydrogen (secondary N) is 1. The summed E-state index contributed by atoms with van der Waals surface area (Å²) >= 11 is 11.2. The van der Waals surface area contributed by atoms with Gasteiger partial charge in [-0.1, -0.05) is 63.1 Å². The van der Waals surface area contributed by atoms with Gasteiger partial charge in [0.1, 0.15) is 0 Å². The number of amides is 2. The van der Waals surface area contributed by atoms with Crippen LogP contribution in [0, 0.1) is 6.92 Å². The Morgan fingerprint density at radius 1 is 1.35 bits per heavy atom. The second-order valence-corrected chi connectivity index (χ2v) is 8.95. The molecule has 0 aromatic heterocycles. The number of nitrogens with zero attached hydrogens (tertiary/aromatic N) is 2. The van der Waals surface area contributed by atoms with Gasteiger partial charge >= 0.3 is 6.03 Å². The summed E-state index contributed by atoms with van der Waals surface area (Å²) in [7, 11) is 0. The van der Waals surface area contributed by atoms with Gasteiger partial charge in [0.2, 0.25) is 0 Å². The second-order valence-electron chi connectivity index (χ2n) is 6.40. The first-order chi connectivity index (χ1) is 12.4. The van der Waals surface area contributed by atoms with E-state index in [2.05, 4.69) is 33.2 Å². The molecule has 0 spiro atoms. The lowest BCUT2D eigenvalue weighted by Gasteiger charge is -2.25. The van der Waals surface area contributed by atoms with Crippen LogP contribution < -0.4 is 10.2 Å². The van der Waals surface area contributed by atoms with E-state index in [1.54, 1.807) is 34.9 Å². The SMILES string of the molecule is Cc1ccc(N(C(=O)Nc2cccc(Cl)c2)C2=NC[C@](C)(CBr)S2)cc1. The first-order valence-electron chi connectivity index (χ1n) is 8.13. The van der Waals surface area contributed by atoms with Gasteiger partial charge in [-0.25, -0.2) is 9.69 Å². The van der Waals surface area contributed by atoms with Crippen LogP contribution in [0.25, 0.3) is 0 Å². The van der Waals surface area contributed by atoms with Crippen LogP contribution in [0.1, 0.15) is 12.5 Å². The zero-order valence-electron chi connectivity index (χ0n) is 14.5. The number of alkyl halides is 1. The lowest BCUT2D eigenvalue weighted by atomic mass is 10.2. The maximum atomic E-state index is 13.1. The van der Waals surface area contributed by atoms with Gasteiger partial charge in [-0.15, -0.1) is 0 Å². The number of halogens is 2. The molecule has 3 rings (SSSR count). The van der Waals surface area contributed by atoms with E-state index in [1.165, 1.54) is 0 Å². The number of aliphatic imine (C=N–C) groups is 1. The van der Waals surface area contributed by atoms with Crippen molar-refractivity contribution >= 4 is 61.9 Å². The Hall–Kier alpha value is -1.50. The number of anilines is 2. The lowest BCUT2D eigenvalue weighted by molar-refractivity contribution is 0.259. The first kappa shape index (κ1) is 19.3. The van der Waals surface area contributed by atoms with E-state index >= 15 is 0 Å². The Morgan fingerprint density at radius 3 is 2.69 bits per heavy atom. The molecule has 2 amide bonds. The van der Waals surface area contributed by atoms with E-state index in [1.807, 2.05) is 37.3 Å². The topological polar surface area (TPSA) is 44.7 Å². The number of urea groups is 1. The van der Waals surface area contributed by atoms with E-state index in [4.69, 9.17) is 11.6 Å². The molecule has 0 saturated heterocycles. The highest BCUT2D eigenvalue weighted by atomic mass is 79.9. The molecule has 0 unspecified atom stereocenters. The summed E-state index contributed by atoms with van der Waals surface area (Å²) in [6.45, 7) is 4.81. The molecule has 1 aliphatic heterocycles. The lowest BCUT2D eigenvalue weighted by Crippen LogP contribution is -2.39. The van der Waals surface area contributed by atoms with E-state index in [0.29, 0.717) is 22.4 Å². The number of rotatable bonds is 3. The van der Waals surface area contributed by atoms with Crippen molar-refractivity contribution in [3.05, 3.63) is 59.1 Å². The molecule has 7 heteroatoms. The van der Waals surface area contributed by atoms with Crippen LogP contribution in [0.5, 0.6) is 0 Å². The maximum absolute atomic E-state index is 13.1. The fourth-order valence-electron chi connectivity index (χ4n) is 2.46. The molecule has 2 aromatic rings. The smallest absolute Gasteiger partial charge is 0.307 e. The minimum Gasteiger partial charge on any atom is -0.307 e. The summed E-state index contributed by atoms with van der Waals surface area (Å²) in [5, 5.41) is 4.98. The van der Waals surface area contributed by atoms with E-state index in [0.717, 1.165) is 16.6 Å². The fraction of sp³-hybridized carbons (Fsp3) is 0.263. The van der Waals surface area contributed by atoms with Gasteiger partial charge in [0.05, 0.1) is 17.0 Å². The molecule has 1 aliphatic rings. The molecule has 136 valence electrons. The number of hydrogen-bond acceptors (Lipinski definition) is 3. The van der Waals surface area contributed by atoms with Crippen LogP contribution in [0.3, 0.4) is 0 Å². The first-order valence-corrected chi connectivity index (χ1v) is 10.4. The van der Waals surface area contributed by atoms with Gasteiger partial charge in [-0.05, 0) is 44.2 Å². The van der Waals surface area contributed by atoms with Gasteiger partial charge in [0.25, 0.3) is 0 Å². The molecule has 1 N–H and O–H groups in total. The summed E-state index contributed by atoms with van der Waals surface area (Å²) in [5.74, 6) is 0. The molecule has 26 heavy (non-hydrogen) atoms. The molecule has 1 heterocycles. The van der Waals surface area contributed by atoms with Gasteiger partial charge in [0, 0.05) is 16.0 Å². The van der Waals surface area contributed by atoms with Crippen molar-refractivity contribution in [2.45, 2.75) is 18.6 Å². The minimum atomic E-state index is -0.263. The van der Waals surface area contributed by atoms with Crippen LogP contribution in [0.4, 0.5) is 16.2 Å². The third-order valence-electron chi connectivity index (χ3n) is 3.93. The molecule has 2 aromatic carbocycles. The zero-order chi connectivity index (χ0) is 18.7. The van der Waals surface area contributed by atoms with Gasteiger partial charge in [-0.2, -0.15) is 0 Å². The average Bonchev–Trinajstić information content (AvgIpc) is 2.99.